The molecule has 130 valence electrons. The summed E-state index contributed by atoms with van der Waals surface area (Å²) < 4.78 is 13.3. The van der Waals surface area contributed by atoms with Crippen LogP contribution in [0, 0.1) is 5.82 Å². The first-order valence-electron chi connectivity index (χ1n) is 8.24. The van der Waals surface area contributed by atoms with Crippen LogP contribution in [0.1, 0.15) is 23.6 Å². The summed E-state index contributed by atoms with van der Waals surface area (Å²) in [5.74, 6) is -0.256. The van der Waals surface area contributed by atoms with E-state index in [1.54, 1.807) is 18.2 Å². The topological polar surface area (TPSA) is 15.6 Å². The average molecular weight is 385 g/mol. The Balaban J connectivity index is 1.76. The van der Waals surface area contributed by atoms with Crippen LogP contribution in [0.2, 0.25) is 10.0 Å². The fourth-order valence-corrected chi connectivity index (χ4v) is 3.42. The van der Waals surface area contributed by atoms with Gasteiger partial charge >= 0.3 is 0 Å². The summed E-state index contributed by atoms with van der Waals surface area (Å²) in [5.41, 5.74) is 3.84. The molecule has 1 heterocycles. The van der Waals surface area contributed by atoms with Gasteiger partial charge in [-0.05, 0) is 41.5 Å². The number of nitrogens with zero attached hydrogens (tertiary/aromatic N) is 2. The van der Waals surface area contributed by atoms with E-state index in [0.29, 0.717) is 10.0 Å². The smallest absolute Gasteiger partial charge is 0.123 e. The van der Waals surface area contributed by atoms with Crippen LogP contribution in [0.5, 0.6) is 0 Å². The molecule has 2 nitrogen and oxygen atoms in total. The summed E-state index contributed by atoms with van der Waals surface area (Å²) in [6.07, 6.45) is 0.718. The largest absolute Gasteiger partial charge is 0.257 e. The molecule has 1 aliphatic heterocycles. The Kier molecular flexibility index (Phi) is 4.66. The summed E-state index contributed by atoms with van der Waals surface area (Å²) >= 11 is 12.3. The van der Waals surface area contributed by atoms with E-state index in [0.717, 1.165) is 28.9 Å². The molecular weight excluding hydrogens is 370 g/mol. The van der Waals surface area contributed by atoms with Crippen molar-refractivity contribution in [3.05, 3.63) is 99.8 Å². The Morgan fingerprint density at radius 1 is 0.885 bits per heavy atom. The van der Waals surface area contributed by atoms with Gasteiger partial charge in [0.15, 0.2) is 0 Å². The van der Waals surface area contributed by atoms with Crippen LogP contribution >= 0.6 is 23.2 Å². The zero-order chi connectivity index (χ0) is 18.1. The molecule has 3 aromatic carbocycles. The molecule has 0 unspecified atom stereocenters. The molecule has 4 rings (SSSR count). The van der Waals surface area contributed by atoms with Gasteiger partial charge in [0.1, 0.15) is 5.82 Å². The Morgan fingerprint density at radius 3 is 2.31 bits per heavy atom. The number of halogens is 3. The van der Waals surface area contributed by atoms with Gasteiger partial charge in [0.2, 0.25) is 0 Å². The molecule has 5 heteroatoms. The lowest BCUT2D eigenvalue weighted by Gasteiger charge is -2.24. The molecule has 0 saturated carbocycles. The van der Waals surface area contributed by atoms with Crippen molar-refractivity contribution in [2.45, 2.75) is 12.5 Å². The van der Waals surface area contributed by atoms with Crippen LogP contribution in [0.25, 0.3) is 0 Å². The normalized spacial score (nSPS) is 16.7. The highest BCUT2D eigenvalue weighted by molar-refractivity contribution is 6.42. The summed E-state index contributed by atoms with van der Waals surface area (Å²) in [7, 11) is 0. The predicted molar refractivity (Wildman–Crippen MR) is 106 cm³/mol. The first-order valence-corrected chi connectivity index (χ1v) is 9.00. The Morgan fingerprint density at radius 2 is 1.62 bits per heavy atom. The Bertz CT molecular complexity index is 956. The first-order chi connectivity index (χ1) is 12.6. The highest BCUT2D eigenvalue weighted by Gasteiger charge is 2.30. The van der Waals surface area contributed by atoms with Crippen molar-refractivity contribution >= 4 is 34.6 Å². The van der Waals surface area contributed by atoms with Crippen LogP contribution in [0.4, 0.5) is 10.1 Å². The van der Waals surface area contributed by atoms with E-state index in [1.165, 1.54) is 12.1 Å². The van der Waals surface area contributed by atoms with E-state index in [2.05, 4.69) is 12.1 Å². The number of benzene rings is 3. The summed E-state index contributed by atoms with van der Waals surface area (Å²) in [4.78, 5) is 0. The van der Waals surface area contributed by atoms with Crippen LogP contribution in [0.3, 0.4) is 0 Å². The molecule has 3 aromatic rings. The maximum absolute atomic E-state index is 13.3. The van der Waals surface area contributed by atoms with Crippen LogP contribution < -0.4 is 5.01 Å². The third kappa shape index (κ3) is 3.33. The minimum Gasteiger partial charge on any atom is -0.257 e. The van der Waals surface area contributed by atoms with Gasteiger partial charge in [0.25, 0.3) is 0 Å². The van der Waals surface area contributed by atoms with Crippen molar-refractivity contribution in [2.75, 3.05) is 5.01 Å². The average Bonchev–Trinajstić information content (AvgIpc) is 3.11. The molecule has 0 bridgehead atoms. The maximum atomic E-state index is 13.3. The molecule has 0 amide bonds. The lowest BCUT2D eigenvalue weighted by atomic mass is 9.98. The highest BCUT2D eigenvalue weighted by Crippen LogP contribution is 2.38. The number of hydrogen-bond acceptors (Lipinski definition) is 2. The number of hydrazone groups is 1. The summed E-state index contributed by atoms with van der Waals surface area (Å²) in [6.45, 7) is 0. The van der Waals surface area contributed by atoms with E-state index in [-0.39, 0.29) is 11.9 Å². The van der Waals surface area contributed by atoms with Gasteiger partial charge in [-0.2, -0.15) is 5.10 Å². The number of rotatable bonds is 3. The first kappa shape index (κ1) is 17.1. The monoisotopic (exact) mass is 384 g/mol. The van der Waals surface area contributed by atoms with Gasteiger partial charge in [-0.25, -0.2) is 4.39 Å². The van der Waals surface area contributed by atoms with E-state index in [4.69, 9.17) is 28.3 Å². The second-order valence-corrected chi connectivity index (χ2v) is 6.94. The molecular formula is C21H15Cl2FN2. The van der Waals surface area contributed by atoms with Crippen molar-refractivity contribution in [3.8, 4) is 0 Å². The van der Waals surface area contributed by atoms with Gasteiger partial charge in [0, 0.05) is 6.42 Å². The maximum Gasteiger partial charge on any atom is 0.123 e. The van der Waals surface area contributed by atoms with Gasteiger partial charge < -0.3 is 0 Å². The zero-order valence-electron chi connectivity index (χ0n) is 13.7. The molecule has 0 aromatic heterocycles. The van der Waals surface area contributed by atoms with Crippen molar-refractivity contribution in [1.29, 1.82) is 0 Å². The third-order valence-corrected chi connectivity index (χ3v) is 5.18. The predicted octanol–water partition coefficient (Wildman–Crippen LogP) is 6.49. The van der Waals surface area contributed by atoms with Gasteiger partial charge in [-0.3, -0.25) is 5.01 Å². The van der Waals surface area contributed by atoms with Crippen LogP contribution in [-0.4, -0.2) is 5.71 Å². The van der Waals surface area contributed by atoms with Crippen molar-refractivity contribution < 1.29 is 4.39 Å². The standard InChI is InChI=1S/C21H15Cl2FN2/c22-18-11-10-17(12-19(18)23)26-21(15-4-2-1-3-5-15)13-20(25-26)14-6-8-16(24)9-7-14/h1-12,21H,13H2/t21-/m0/s1. The molecule has 1 atom stereocenters. The van der Waals surface area contributed by atoms with E-state index >= 15 is 0 Å². The van der Waals surface area contributed by atoms with E-state index < -0.39 is 0 Å². The molecule has 0 spiro atoms. The van der Waals surface area contributed by atoms with Crippen molar-refractivity contribution in [3.63, 3.8) is 0 Å². The highest BCUT2D eigenvalue weighted by atomic mass is 35.5. The van der Waals surface area contributed by atoms with Gasteiger partial charge in [-0.1, -0.05) is 65.7 Å². The molecule has 26 heavy (non-hydrogen) atoms. The van der Waals surface area contributed by atoms with Crippen molar-refractivity contribution in [2.24, 2.45) is 5.10 Å². The lowest BCUT2D eigenvalue weighted by molar-refractivity contribution is 0.627. The molecule has 1 aliphatic rings. The van der Waals surface area contributed by atoms with Gasteiger partial charge in [-0.15, -0.1) is 0 Å². The third-order valence-electron chi connectivity index (χ3n) is 4.44. The second kappa shape index (κ2) is 7.10. The molecule has 0 radical (unpaired) electrons. The number of anilines is 1. The fourth-order valence-electron chi connectivity index (χ4n) is 3.13. The summed E-state index contributed by atoms with van der Waals surface area (Å²) in [5, 5.41) is 7.76. The Labute approximate surface area is 161 Å². The van der Waals surface area contributed by atoms with Gasteiger partial charge in [0.05, 0.1) is 27.5 Å². The van der Waals surface area contributed by atoms with Crippen LogP contribution in [0.15, 0.2) is 77.9 Å². The fraction of sp³-hybridized carbons (Fsp3) is 0.0952. The zero-order valence-corrected chi connectivity index (χ0v) is 15.3. The minimum absolute atomic E-state index is 0.0356. The quantitative estimate of drug-likeness (QED) is 0.503. The van der Waals surface area contributed by atoms with E-state index in [9.17, 15) is 4.39 Å². The number of hydrogen-bond donors (Lipinski definition) is 0. The molecule has 0 fully saturated rings. The van der Waals surface area contributed by atoms with Crippen LogP contribution in [-0.2, 0) is 0 Å². The second-order valence-electron chi connectivity index (χ2n) is 6.13. The lowest BCUT2D eigenvalue weighted by Crippen LogP contribution is -2.18. The van der Waals surface area contributed by atoms with E-state index in [1.807, 2.05) is 35.3 Å². The molecule has 0 N–H and O–H groups in total. The SMILES string of the molecule is Fc1ccc(C2=NN(c3ccc(Cl)c(Cl)c3)[C@H](c3ccccc3)C2)cc1. The molecule has 0 aliphatic carbocycles. The summed E-state index contributed by atoms with van der Waals surface area (Å²) in [6, 6.07) is 22.1. The molecule has 0 saturated heterocycles. The minimum atomic E-state index is -0.256. The Hall–Kier alpha value is -2.36. The van der Waals surface area contributed by atoms with Crippen molar-refractivity contribution in [1.82, 2.24) is 0 Å².